The van der Waals surface area contributed by atoms with Gasteiger partial charge in [-0.2, -0.15) is 0 Å². The van der Waals surface area contributed by atoms with Crippen LogP contribution in [-0.4, -0.2) is 6.85 Å². The van der Waals surface area contributed by atoms with Crippen LogP contribution in [0.2, 0.25) is 0 Å². The summed E-state index contributed by atoms with van der Waals surface area (Å²) in [7, 11) is 0. The average Bonchev–Trinajstić information content (AvgIpc) is 1.65. The van der Waals surface area contributed by atoms with Crippen LogP contribution < -0.4 is 26.0 Å². The van der Waals surface area contributed by atoms with E-state index in [0.717, 1.165) is 34.9 Å². The van der Waals surface area contributed by atoms with Gasteiger partial charge in [0, 0.05) is 71.1 Å². The SMILES string of the molecule is CC(C)(C)c1ccc(N2B3c4ccc(N(c5ccc(C(C)(C)C)cc5)c5ccc(C(C)(C)C)cc5)cc4Nc4c3c(c3ccccc3c4-c3ccc(C(C)(C)C)cc3-c3ccccc3)-c3ccc4sc5cc6c(cc5c4c32)C(C)(C)CCC6(C)C)cc1. The summed E-state index contributed by atoms with van der Waals surface area (Å²) >= 11 is 1.97. The fourth-order valence-electron chi connectivity index (χ4n) is 14.7. The van der Waals surface area contributed by atoms with Crippen molar-refractivity contribution < 1.29 is 0 Å². The Morgan fingerprint density at radius 3 is 1.53 bits per heavy atom. The molecule has 0 saturated heterocycles. The third kappa shape index (κ3) is 9.43. The van der Waals surface area contributed by atoms with Gasteiger partial charge in [0.05, 0.1) is 0 Å². The molecule has 3 aliphatic rings. The first-order valence-electron chi connectivity index (χ1n) is 31.8. The van der Waals surface area contributed by atoms with Crippen molar-refractivity contribution in [2.75, 3.05) is 15.0 Å². The molecule has 5 heteroatoms. The standard InChI is InChI=1S/C82H84BN3S/c1-77(2,3)51-26-33-55(34-27-51)85(56-35-28-52(29-36-56)78(4,5)6)58-39-42-67-68(47-58)84-75-72(61-40-32-54(80(10,11)12)46-63(61)50-22-18-17-19-23-50)60-25-21-20-24-59(60)71-62-41-43-69-73(64-48-65-66(49-70(64)87-69)82(15,16)45-44-81(65,13)14)76(62)86(83(67)74(71)75)57-37-30-53(31-38-57)79(7,8)9/h17-43,46-49,84H,44-45H2,1-16H3. The van der Waals surface area contributed by atoms with Gasteiger partial charge in [0.25, 0.3) is 0 Å². The van der Waals surface area contributed by atoms with E-state index in [1.165, 1.54) is 126 Å². The van der Waals surface area contributed by atoms with Gasteiger partial charge in [-0.3, -0.25) is 0 Å². The number of anilines is 7. The summed E-state index contributed by atoms with van der Waals surface area (Å²) in [6.45, 7) is 37.4. The molecule has 0 saturated carbocycles. The lowest BCUT2D eigenvalue weighted by molar-refractivity contribution is 0.332. The topological polar surface area (TPSA) is 18.5 Å². The minimum Gasteiger partial charge on any atom is -0.376 e. The Morgan fingerprint density at radius 2 is 0.954 bits per heavy atom. The molecule has 0 atom stereocenters. The van der Waals surface area contributed by atoms with Crippen LogP contribution in [0.3, 0.4) is 0 Å². The number of benzene rings is 10. The zero-order chi connectivity index (χ0) is 61.1. The summed E-state index contributed by atoms with van der Waals surface area (Å²) in [5, 5.41) is 9.62. The quantitative estimate of drug-likeness (QED) is 0.167. The molecule has 3 heterocycles. The summed E-state index contributed by atoms with van der Waals surface area (Å²) in [6.07, 6.45) is 2.34. The van der Waals surface area contributed by atoms with Crippen LogP contribution >= 0.6 is 11.3 Å². The first kappa shape index (κ1) is 56.9. The van der Waals surface area contributed by atoms with Gasteiger partial charge in [0.1, 0.15) is 0 Å². The summed E-state index contributed by atoms with van der Waals surface area (Å²) in [5.74, 6) is 0. The number of rotatable bonds is 6. The molecule has 1 N–H and O–H groups in total. The number of thiophene rings is 1. The largest absolute Gasteiger partial charge is 0.376 e. The van der Waals surface area contributed by atoms with E-state index in [1.807, 2.05) is 11.3 Å². The van der Waals surface area contributed by atoms with Gasteiger partial charge in [0.2, 0.25) is 0 Å². The zero-order valence-corrected chi connectivity index (χ0v) is 55.0. The zero-order valence-electron chi connectivity index (χ0n) is 54.2. The summed E-state index contributed by atoms with van der Waals surface area (Å²) < 4.78 is 2.69. The first-order valence-corrected chi connectivity index (χ1v) is 32.6. The molecule has 0 fully saturated rings. The first-order chi connectivity index (χ1) is 41.2. The van der Waals surface area contributed by atoms with E-state index in [1.54, 1.807) is 0 Å². The number of fused-ring (bicyclic) bond motifs is 11. The third-order valence-corrected chi connectivity index (χ3v) is 21.1. The van der Waals surface area contributed by atoms with Crippen LogP contribution in [0.25, 0.3) is 64.3 Å². The van der Waals surface area contributed by atoms with Gasteiger partial charge in [-0.15, -0.1) is 11.3 Å². The lowest BCUT2D eigenvalue weighted by Gasteiger charge is -2.44. The molecule has 3 nitrogen and oxygen atoms in total. The van der Waals surface area contributed by atoms with E-state index in [0.29, 0.717) is 0 Å². The highest BCUT2D eigenvalue weighted by atomic mass is 32.1. The smallest absolute Gasteiger partial charge is 0.333 e. The molecule has 2 aliphatic heterocycles. The molecular weight excluding hydrogens is 1070 g/mol. The van der Waals surface area contributed by atoms with Crippen LogP contribution in [-0.2, 0) is 32.5 Å². The van der Waals surface area contributed by atoms with Crippen LogP contribution in [0.4, 0.5) is 39.8 Å². The number of nitrogens with zero attached hydrogens (tertiary/aromatic N) is 2. The molecule has 0 unspecified atom stereocenters. The summed E-state index contributed by atoms with van der Waals surface area (Å²) in [5.41, 5.74) is 26.4. The van der Waals surface area contributed by atoms with Crippen molar-refractivity contribution >= 4 is 99.9 Å². The Hall–Kier alpha value is -7.86. The second-order valence-electron chi connectivity index (χ2n) is 31.0. The van der Waals surface area contributed by atoms with Gasteiger partial charge in [-0.05, 0) is 195 Å². The molecular formula is C82H84BN3S. The number of hydrogen-bond acceptors (Lipinski definition) is 4. The van der Waals surface area contributed by atoms with E-state index in [-0.39, 0.29) is 39.3 Å². The second-order valence-corrected chi connectivity index (χ2v) is 32.0. The van der Waals surface area contributed by atoms with Gasteiger partial charge < -0.3 is 15.0 Å². The Labute approximate surface area is 522 Å². The van der Waals surface area contributed by atoms with Crippen molar-refractivity contribution in [3.05, 3.63) is 221 Å². The highest BCUT2D eigenvalue weighted by molar-refractivity contribution is 7.26. The maximum Gasteiger partial charge on any atom is 0.333 e. The fourth-order valence-corrected chi connectivity index (χ4v) is 15.8. The second kappa shape index (κ2) is 19.8. The van der Waals surface area contributed by atoms with E-state index in [9.17, 15) is 0 Å². The summed E-state index contributed by atoms with van der Waals surface area (Å²) in [6, 6.07) is 73.4. The van der Waals surface area contributed by atoms with E-state index in [4.69, 9.17) is 0 Å². The molecule has 0 amide bonds. The minimum atomic E-state index is -0.232. The lowest BCUT2D eigenvalue weighted by atomic mass is 9.43. The van der Waals surface area contributed by atoms with Gasteiger partial charge >= 0.3 is 6.85 Å². The highest BCUT2D eigenvalue weighted by Gasteiger charge is 2.47. The fraction of sp³-hybridized carbons (Fsp3) is 0.293. The van der Waals surface area contributed by atoms with E-state index >= 15 is 0 Å². The Bertz CT molecular complexity index is 4500. The van der Waals surface area contributed by atoms with Crippen molar-refractivity contribution in [2.45, 2.75) is 156 Å². The molecule has 0 bridgehead atoms. The predicted octanol–water partition coefficient (Wildman–Crippen LogP) is 22.5. The predicted molar refractivity (Wildman–Crippen MR) is 381 cm³/mol. The third-order valence-electron chi connectivity index (χ3n) is 20.0. The molecule has 436 valence electrons. The van der Waals surface area contributed by atoms with Crippen LogP contribution in [0.5, 0.6) is 0 Å². The number of hydrogen-bond donors (Lipinski definition) is 1. The molecule has 10 aromatic carbocycles. The molecule has 0 radical (unpaired) electrons. The molecule has 1 aromatic heterocycles. The molecule has 1 aliphatic carbocycles. The van der Waals surface area contributed by atoms with Crippen molar-refractivity contribution in [2.24, 2.45) is 0 Å². The lowest BCUT2D eigenvalue weighted by Crippen LogP contribution is -2.60. The van der Waals surface area contributed by atoms with Crippen LogP contribution in [0.15, 0.2) is 188 Å². The maximum atomic E-state index is 4.41. The summed E-state index contributed by atoms with van der Waals surface area (Å²) in [4.78, 5) is 5.25. The van der Waals surface area contributed by atoms with Crippen molar-refractivity contribution in [1.29, 1.82) is 0 Å². The Balaban J connectivity index is 1.12. The average molecular weight is 1150 g/mol. The Morgan fingerprint density at radius 1 is 0.448 bits per heavy atom. The van der Waals surface area contributed by atoms with Crippen LogP contribution in [0, 0.1) is 0 Å². The maximum absolute atomic E-state index is 4.41. The minimum absolute atomic E-state index is 0.0143. The van der Waals surface area contributed by atoms with Crippen LogP contribution in [0.1, 0.15) is 157 Å². The van der Waals surface area contributed by atoms with Crippen molar-refractivity contribution in [3.63, 3.8) is 0 Å². The molecule has 11 aromatic rings. The van der Waals surface area contributed by atoms with E-state index < -0.39 is 0 Å². The highest BCUT2D eigenvalue weighted by Crippen LogP contribution is 2.57. The normalized spacial score (nSPS) is 15.3. The van der Waals surface area contributed by atoms with Gasteiger partial charge in [-0.25, -0.2) is 0 Å². The molecule has 87 heavy (non-hydrogen) atoms. The molecule has 0 spiro atoms. The monoisotopic (exact) mass is 1150 g/mol. The Kier molecular flexibility index (Phi) is 13.0. The number of nitrogens with one attached hydrogen (secondary N) is 1. The van der Waals surface area contributed by atoms with Crippen molar-refractivity contribution in [3.8, 4) is 33.4 Å². The van der Waals surface area contributed by atoms with Gasteiger partial charge in [0.15, 0.2) is 0 Å². The van der Waals surface area contributed by atoms with Crippen molar-refractivity contribution in [1.82, 2.24) is 0 Å². The molecule has 14 rings (SSSR count). The van der Waals surface area contributed by atoms with Gasteiger partial charge in [-0.1, -0.05) is 226 Å². The van der Waals surface area contributed by atoms with E-state index in [2.05, 4.69) is 314 Å².